The van der Waals surface area contributed by atoms with Crippen LogP contribution < -0.4 is 5.32 Å². The number of piperidine rings is 1. The molecule has 1 aliphatic carbocycles. The van der Waals surface area contributed by atoms with E-state index < -0.39 is 0 Å². The molecular weight excluding hydrogens is 340 g/mol. The Morgan fingerprint density at radius 2 is 1.88 bits per heavy atom. The number of aryl methyl sites for hydroxylation is 1. The van der Waals surface area contributed by atoms with Crippen molar-refractivity contribution in [1.82, 2.24) is 4.90 Å². The van der Waals surface area contributed by atoms with Crippen LogP contribution in [-0.2, 0) is 17.6 Å². The highest BCUT2D eigenvalue weighted by atomic mass is 32.1. The van der Waals surface area contributed by atoms with Crippen LogP contribution in [0.3, 0.4) is 0 Å². The van der Waals surface area contributed by atoms with E-state index in [0.717, 1.165) is 42.2 Å². The number of fused-ring (bicyclic) bond motifs is 1. The third-order valence-corrected chi connectivity index (χ3v) is 6.73. The summed E-state index contributed by atoms with van der Waals surface area (Å²) in [5.74, 6) is -0.251. The Balaban J connectivity index is 1.87. The average Bonchev–Trinajstić information content (AvgIpc) is 2.91. The lowest BCUT2D eigenvalue weighted by atomic mass is 9.95. The van der Waals surface area contributed by atoms with Gasteiger partial charge in [0.1, 0.15) is 5.00 Å². The molecule has 24 heavy (non-hydrogen) atoms. The number of anilines is 1. The van der Waals surface area contributed by atoms with Gasteiger partial charge in [0, 0.05) is 17.0 Å². The fraction of sp³-hybridized carbons (Fsp3) is 0.667. The van der Waals surface area contributed by atoms with Crippen molar-refractivity contribution in [1.29, 1.82) is 0 Å². The van der Waals surface area contributed by atoms with Gasteiger partial charge in [-0.15, -0.1) is 11.3 Å². The van der Waals surface area contributed by atoms with Crippen LogP contribution in [-0.4, -0.2) is 35.2 Å². The Morgan fingerprint density at radius 3 is 2.54 bits per heavy atom. The maximum atomic E-state index is 12.3. The Kier molecular flexibility index (Phi) is 5.45. The predicted molar refractivity (Wildman–Crippen MR) is 103 cm³/mol. The van der Waals surface area contributed by atoms with E-state index in [0.29, 0.717) is 17.6 Å². The lowest BCUT2D eigenvalue weighted by Crippen LogP contribution is -2.49. The Bertz CT molecular complexity index is 631. The maximum Gasteiger partial charge on any atom is 0.341 e. The summed E-state index contributed by atoms with van der Waals surface area (Å²) < 4.78 is 5.04. The van der Waals surface area contributed by atoms with Gasteiger partial charge in [0.15, 0.2) is 5.11 Å². The molecule has 6 heteroatoms. The van der Waals surface area contributed by atoms with Crippen molar-refractivity contribution < 1.29 is 9.53 Å². The summed E-state index contributed by atoms with van der Waals surface area (Å²) in [6, 6.07) is 0.870. The fourth-order valence-electron chi connectivity index (χ4n) is 3.96. The number of thiocarbonyl (C=S) groups is 1. The smallest absolute Gasteiger partial charge is 0.341 e. The zero-order chi connectivity index (χ0) is 17.3. The first kappa shape index (κ1) is 17.7. The lowest BCUT2D eigenvalue weighted by molar-refractivity contribution is 0.0601. The molecule has 0 spiro atoms. The van der Waals surface area contributed by atoms with Gasteiger partial charge < -0.3 is 15.0 Å². The molecule has 0 radical (unpaired) electrons. The van der Waals surface area contributed by atoms with Gasteiger partial charge >= 0.3 is 5.97 Å². The SMILES string of the molecule is COC(=O)c1c(NC(=S)N2[C@@H](C)CCC[C@@H]2C)sc2c1CCCC2. The van der Waals surface area contributed by atoms with Gasteiger partial charge in [-0.3, -0.25) is 0 Å². The molecule has 1 fully saturated rings. The van der Waals surface area contributed by atoms with Crippen LogP contribution in [0.15, 0.2) is 0 Å². The number of likely N-dealkylation sites (tertiary alicyclic amines) is 1. The van der Waals surface area contributed by atoms with E-state index in [1.54, 1.807) is 11.3 Å². The topological polar surface area (TPSA) is 41.6 Å². The Morgan fingerprint density at radius 1 is 1.21 bits per heavy atom. The van der Waals surface area contributed by atoms with E-state index in [4.69, 9.17) is 17.0 Å². The van der Waals surface area contributed by atoms with Gasteiger partial charge in [-0.2, -0.15) is 0 Å². The number of carbonyl (C=O) groups excluding carboxylic acids is 1. The number of thiophene rings is 1. The third-order valence-electron chi connectivity index (χ3n) is 5.21. The normalized spacial score (nSPS) is 23.5. The minimum absolute atomic E-state index is 0.251. The highest BCUT2D eigenvalue weighted by Crippen LogP contribution is 2.39. The summed E-state index contributed by atoms with van der Waals surface area (Å²) in [5.41, 5.74) is 1.88. The largest absolute Gasteiger partial charge is 0.465 e. The number of hydrogen-bond donors (Lipinski definition) is 1. The van der Waals surface area contributed by atoms with Crippen LogP contribution in [0.25, 0.3) is 0 Å². The average molecular weight is 367 g/mol. The van der Waals surface area contributed by atoms with Crippen molar-refractivity contribution in [3.63, 3.8) is 0 Å². The van der Waals surface area contributed by atoms with Gasteiger partial charge in [-0.1, -0.05) is 0 Å². The summed E-state index contributed by atoms with van der Waals surface area (Å²) >= 11 is 7.38. The second-order valence-corrected chi connectivity index (χ2v) is 8.36. The number of nitrogens with one attached hydrogen (secondary N) is 1. The van der Waals surface area contributed by atoms with Crippen LogP contribution in [0.2, 0.25) is 0 Å². The highest BCUT2D eigenvalue weighted by molar-refractivity contribution is 7.80. The zero-order valence-corrected chi connectivity index (χ0v) is 16.3. The summed E-state index contributed by atoms with van der Waals surface area (Å²) in [7, 11) is 1.45. The quantitative estimate of drug-likeness (QED) is 0.622. The molecule has 3 rings (SSSR count). The maximum absolute atomic E-state index is 12.3. The van der Waals surface area contributed by atoms with E-state index >= 15 is 0 Å². The van der Waals surface area contributed by atoms with Gasteiger partial charge in [-0.05, 0) is 76.6 Å². The number of carbonyl (C=O) groups is 1. The third kappa shape index (κ3) is 3.31. The number of rotatable bonds is 2. The van der Waals surface area contributed by atoms with Crippen LogP contribution >= 0.6 is 23.6 Å². The first-order valence-corrected chi connectivity index (χ1v) is 10.1. The molecular formula is C18H26N2O2S2. The molecule has 0 aromatic carbocycles. The second kappa shape index (κ2) is 7.40. The molecule has 0 bridgehead atoms. The molecule has 0 saturated carbocycles. The van der Waals surface area contributed by atoms with E-state index in [2.05, 4.69) is 24.1 Å². The highest BCUT2D eigenvalue weighted by Gasteiger charge is 2.30. The summed E-state index contributed by atoms with van der Waals surface area (Å²) in [5, 5.41) is 4.99. The minimum Gasteiger partial charge on any atom is -0.465 e. The van der Waals surface area contributed by atoms with Crippen LogP contribution in [0.5, 0.6) is 0 Å². The van der Waals surface area contributed by atoms with Crippen LogP contribution in [0.4, 0.5) is 5.00 Å². The molecule has 1 aromatic rings. The van der Waals surface area contributed by atoms with Crippen LogP contribution in [0, 0.1) is 0 Å². The lowest BCUT2D eigenvalue weighted by Gasteiger charge is -2.40. The van der Waals surface area contributed by atoms with E-state index in [-0.39, 0.29) is 5.97 Å². The van der Waals surface area contributed by atoms with Gasteiger partial charge in [-0.25, -0.2) is 4.79 Å². The van der Waals surface area contributed by atoms with Crippen molar-refractivity contribution in [2.75, 3.05) is 12.4 Å². The molecule has 2 aliphatic rings. The minimum atomic E-state index is -0.251. The molecule has 132 valence electrons. The van der Waals surface area contributed by atoms with Gasteiger partial charge in [0.05, 0.1) is 12.7 Å². The number of ether oxygens (including phenoxy) is 1. The summed E-state index contributed by atoms with van der Waals surface area (Å²) in [4.78, 5) is 15.9. The molecule has 4 nitrogen and oxygen atoms in total. The number of esters is 1. The van der Waals surface area contributed by atoms with E-state index in [1.165, 1.54) is 30.4 Å². The Labute approximate surface area is 153 Å². The van der Waals surface area contributed by atoms with E-state index in [1.807, 2.05) is 0 Å². The molecule has 1 saturated heterocycles. The molecule has 0 unspecified atom stereocenters. The summed E-state index contributed by atoms with van der Waals surface area (Å²) in [6.07, 6.45) is 7.92. The molecule has 1 N–H and O–H groups in total. The Hall–Kier alpha value is -1.14. The van der Waals surface area contributed by atoms with E-state index in [9.17, 15) is 4.79 Å². The fourth-order valence-corrected chi connectivity index (χ4v) is 5.76. The van der Waals surface area contributed by atoms with Crippen molar-refractivity contribution >= 4 is 39.6 Å². The van der Waals surface area contributed by atoms with Crippen molar-refractivity contribution in [2.45, 2.75) is 70.9 Å². The van der Waals surface area contributed by atoms with Crippen molar-refractivity contribution in [2.24, 2.45) is 0 Å². The molecule has 2 atom stereocenters. The van der Waals surface area contributed by atoms with Gasteiger partial charge in [0.25, 0.3) is 0 Å². The first-order chi connectivity index (χ1) is 11.5. The zero-order valence-electron chi connectivity index (χ0n) is 14.7. The van der Waals surface area contributed by atoms with Crippen molar-refractivity contribution in [3.05, 3.63) is 16.0 Å². The molecule has 2 heterocycles. The summed E-state index contributed by atoms with van der Waals surface area (Å²) in [6.45, 7) is 4.45. The van der Waals surface area contributed by atoms with Crippen molar-refractivity contribution in [3.8, 4) is 0 Å². The monoisotopic (exact) mass is 366 g/mol. The number of hydrogen-bond acceptors (Lipinski definition) is 4. The van der Waals surface area contributed by atoms with Crippen LogP contribution in [0.1, 0.15) is 66.8 Å². The number of methoxy groups -OCH3 is 1. The first-order valence-electron chi connectivity index (χ1n) is 8.85. The number of nitrogens with zero attached hydrogens (tertiary/aromatic N) is 1. The second-order valence-electron chi connectivity index (χ2n) is 6.87. The standard InChI is InChI=1S/C18H26N2O2S2/c1-11-7-6-8-12(2)20(11)18(23)19-16-15(17(21)22-3)13-9-4-5-10-14(13)24-16/h11-12H,4-10H2,1-3H3,(H,19,23)/t11-,12-/m0/s1. The molecule has 0 amide bonds. The molecule has 1 aliphatic heterocycles. The molecule has 1 aromatic heterocycles. The van der Waals surface area contributed by atoms with Gasteiger partial charge in [0.2, 0.25) is 0 Å². The predicted octanol–water partition coefficient (Wildman–Crippen LogP) is 4.37.